The average Bonchev–Trinajstić information content (AvgIpc) is 3.30. The van der Waals surface area contributed by atoms with Crippen LogP contribution >= 0.6 is 0 Å². The highest BCUT2D eigenvalue weighted by atomic mass is 16.5. The van der Waals surface area contributed by atoms with Crippen molar-refractivity contribution in [1.29, 1.82) is 0 Å². The van der Waals surface area contributed by atoms with Crippen molar-refractivity contribution >= 4 is 11.9 Å². The summed E-state index contributed by atoms with van der Waals surface area (Å²) < 4.78 is 12.4. The number of methoxy groups -OCH3 is 2. The molecule has 0 N–H and O–H groups in total. The molecule has 4 rings (SSSR count). The molecule has 1 aliphatic rings. The SMILES string of the molecule is COc1cc2c(cc1OC)C(=O)/C(=C\c1ccc(-n3cccn3)cc1)C2. The molecule has 0 unspecified atom stereocenters. The first-order chi connectivity index (χ1) is 12.7. The Kier molecular flexibility index (Phi) is 4.05. The van der Waals surface area contributed by atoms with Crippen molar-refractivity contribution in [1.82, 2.24) is 9.78 Å². The smallest absolute Gasteiger partial charge is 0.189 e. The van der Waals surface area contributed by atoms with Gasteiger partial charge in [-0.2, -0.15) is 5.10 Å². The second kappa shape index (κ2) is 6.52. The van der Waals surface area contributed by atoms with Gasteiger partial charge in [-0.25, -0.2) is 4.68 Å². The van der Waals surface area contributed by atoms with E-state index in [4.69, 9.17) is 9.47 Å². The third kappa shape index (κ3) is 2.77. The molecule has 1 aliphatic carbocycles. The van der Waals surface area contributed by atoms with Gasteiger partial charge in [-0.1, -0.05) is 12.1 Å². The molecular weight excluding hydrogens is 328 g/mol. The number of hydrogen-bond donors (Lipinski definition) is 0. The Morgan fingerprint density at radius 1 is 1.08 bits per heavy atom. The lowest BCUT2D eigenvalue weighted by Gasteiger charge is -2.08. The number of ether oxygens (including phenoxy) is 2. The number of fused-ring (bicyclic) bond motifs is 1. The van der Waals surface area contributed by atoms with Crippen molar-refractivity contribution < 1.29 is 14.3 Å². The molecule has 0 atom stereocenters. The van der Waals surface area contributed by atoms with Crippen LogP contribution in [-0.2, 0) is 6.42 Å². The molecule has 0 spiro atoms. The van der Waals surface area contributed by atoms with E-state index >= 15 is 0 Å². The summed E-state index contributed by atoms with van der Waals surface area (Å²) >= 11 is 0. The van der Waals surface area contributed by atoms with E-state index in [1.54, 1.807) is 31.2 Å². The Labute approximate surface area is 151 Å². The van der Waals surface area contributed by atoms with E-state index in [0.717, 1.165) is 22.4 Å². The van der Waals surface area contributed by atoms with Crippen molar-refractivity contribution in [2.24, 2.45) is 0 Å². The fourth-order valence-corrected chi connectivity index (χ4v) is 3.20. The van der Waals surface area contributed by atoms with E-state index in [1.165, 1.54) is 0 Å². The molecule has 3 aromatic rings. The van der Waals surface area contributed by atoms with Gasteiger partial charge in [0.15, 0.2) is 17.3 Å². The summed E-state index contributed by atoms with van der Waals surface area (Å²) in [5.41, 5.74) is 4.37. The third-order valence-electron chi connectivity index (χ3n) is 4.53. The van der Waals surface area contributed by atoms with E-state index in [-0.39, 0.29) is 5.78 Å². The van der Waals surface area contributed by atoms with Gasteiger partial charge >= 0.3 is 0 Å². The van der Waals surface area contributed by atoms with E-state index in [9.17, 15) is 4.79 Å². The Morgan fingerprint density at radius 2 is 1.81 bits per heavy atom. The first-order valence-electron chi connectivity index (χ1n) is 8.30. The molecule has 0 amide bonds. The fourth-order valence-electron chi connectivity index (χ4n) is 3.20. The van der Waals surface area contributed by atoms with Gasteiger partial charge in [-0.3, -0.25) is 4.79 Å². The van der Waals surface area contributed by atoms with Gasteiger partial charge in [-0.05, 0) is 47.5 Å². The summed E-state index contributed by atoms with van der Waals surface area (Å²) in [5, 5.41) is 4.21. The molecule has 5 heteroatoms. The maximum Gasteiger partial charge on any atom is 0.189 e. The molecule has 0 saturated heterocycles. The van der Waals surface area contributed by atoms with Gasteiger partial charge in [0.25, 0.3) is 0 Å². The molecule has 0 aliphatic heterocycles. The van der Waals surface area contributed by atoms with Crippen LogP contribution in [0.5, 0.6) is 11.5 Å². The van der Waals surface area contributed by atoms with Crippen molar-refractivity contribution in [2.45, 2.75) is 6.42 Å². The second-order valence-corrected chi connectivity index (χ2v) is 6.08. The van der Waals surface area contributed by atoms with Crippen molar-refractivity contribution in [2.75, 3.05) is 14.2 Å². The predicted molar refractivity (Wildman–Crippen MR) is 99.1 cm³/mol. The normalized spacial score (nSPS) is 14.5. The molecule has 0 fully saturated rings. The van der Waals surface area contributed by atoms with Crippen molar-refractivity contribution in [3.8, 4) is 17.2 Å². The maximum absolute atomic E-state index is 12.7. The van der Waals surface area contributed by atoms with Crippen LogP contribution in [0.2, 0.25) is 0 Å². The molecule has 0 radical (unpaired) electrons. The number of benzene rings is 2. The first-order valence-corrected chi connectivity index (χ1v) is 8.30. The quantitative estimate of drug-likeness (QED) is 0.676. The molecule has 130 valence electrons. The summed E-state index contributed by atoms with van der Waals surface area (Å²) in [4.78, 5) is 12.7. The van der Waals surface area contributed by atoms with E-state index < -0.39 is 0 Å². The van der Waals surface area contributed by atoms with Gasteiger partial charge in [0.05, 0.1) is 19.9 Å². The second-order valence-electron chi connectivity index (χ2n) is 6.08. The summed E-state index contributed by atoms with van der Waals surface area (Å²) in [7, 11) is 3.17. The van der Waals surface area contributed by atoms with Crippen LogP contribution < -0.4 is 9.47 Å². The van der Waals surface area contributed by atoms with Gasteiger partial charge in [0, 0.05) is 30.0 Å². The molecule has 1 aromatic heterocycles. The van der Waals surface area contributed by atoms with Gasteiger partial charge < -0.3 is 9.47 Å². The molecular formula is C21H18N2O3. The molecule has 2 aromatic carbocycles. The van der Waals surface area contributed by atoms with Crippen LogP contribution in [0.4, 0.5) is 0 Å². The number of nitrogens with zero attached hydrogens (tertiary/aromatic N) is 2. The number of ketones is 1. The minimum absolute atomic E-state index is 0.0390. The minimum Gasteiger partial charge on any atom is -0.493 e. The highest BCUT2D eigenvalue weighted by Gasteiger charge is 2.27. The number of allylic oxidation sites excluding steroid dienone is 1. The van der Waals surface area contributed by atoms with Crippen LogP contribution in [-0.4, -0.2) is 29.8 Å². The largest absolute Gasteiger partial charge is 0.493 e. The van der Waals surface area contributed by atoms with Gasteiger partial charge in [-0.15, -0.1) is 0 Å². The summed E-state index contributed by atoms with van der Waals surface area (Å²) in [6, 6.07) is 13.5. The summed E-state index contributed by atoms with van der Waals surface area (Å²) in [6.45, 7) is 0. The number of carbonyl (C=O) groups excluding carboxylic acids is 1. The predicted octanol–water partition coefficient (Wildman–Crippen LogP) is 3.71. The number of rotatable bonds is 4. The monoisotopic (exact) mass is 346 g/mol. The lowest BCUT2D eigenvalue weighted by atomic mass is 10.1. The van der Waals surface area contributed by atoms with Crippen LogP contribution in [0, 0.1) is 0 Å². The minimum atomic E-state index is 0.0390. The van der Waals surface area contributed by atoms with E-state index in [0.29, 0.717) is 23.5 Å². The van der Waals surface area contributed by atoms with Crippen LogP contribution in [0.15, 0.2) is 60.4 Å². The highest BCUT2D eigenvalue weighted by Crippen LogP contribution is 2.37. The zero-order valence-electron chi connectivity index (χ0n) is 14.6. The van der Waals surface area contributed by atoms with Crippen molar-refractivity contribution in [3.05, 3.63) is 77.1 Å². The third-order valence-corrected chi connectivity index (χ3v) is 4.53. The topological polar surface area (TPSA) is 53.4 Å². The number of hydrogen-bond acceptors (Lipinski definition) is 4. The molecule has 5 nitrogen and oxygen atoms in total. The molecule has 0 saturated carbocycles. The van der Waals surface area contributed by atoms with Crippen LogP contribution in [0.25, 0.3) is 11.8 Å². The number of aromatic nitrogens is 2. The number of Topliss-reactive ketones (excluding diaryl/α,β-unsaturated/α-hetero) is 1. The van der Waals surface area contributed by atoms with Gasteiger partial charge in [0.2, 0.25) is 0 Å². The standard InChI is InChI=1S/C21H18N2O3/c1-25-19-12-15-11-16(21(24)18(15)13-20(19)26-2)10-14-4-6-17(7-5-14)23-9-3-8-22-23/h3-10,12-13H,11H2,1-2H3/b16-10-. The average molecular weight is 346 g/mol. The van der Waals surface area contributed by atoms with Gasteiger partial charge in [0.1, 0.15) is 0 Å². The Bertz CT molecular complexity index is 987. The van der Waals surface area contributed by atoms with Crippen LogP contribution in [0.3, 0.4) is 0 Å². The summed E-state index contributed by atoms with van der Waals surface area (Å²) in [6.07, 6.45) is 6.17. The molecule has 0 bridgehead atoms. The lowest BCUT2D eigenvalue weighted by Crippen LogP contribution is -1.98. The highest BCUT2D eigenvalue weighted by molar-refractivity contribution is 6.15. The van der Waals surface area contributed by atoms with E-state index in [1.807, 2.05) is 48.7 Å². The Morgan fingerprint density at radius 3 is 2.46 bits per heavy atom. The molecule has 26 heavy (non-hydrogen) atoms. The molecule has 1 heterocycles. The Hall–Kier alpha value is -3.34. The summed E-state index contributed by atoms with van der Waals surface area (Å²) in [5.74, 6) is 1.26. The van der Waals surface area contributed by atoms with Crippen molar-refractivity contribution in [3.63, 3.8) is 0 Å². The van der Waals surface area contributed by atoms with Crippen LogP contribution in [0.1, 0.15) is 21.5 Å². The Balaban J connectivity index is 1.63. The fraction of sp³-hybridized carbons (Fsp3) is 0.143. The number of carbonyl (C=O) groups is 1. The first kappa shape index (κ1) is 16.1. The zero-order valence-corrected chi connectivity index (χ0v) is 14.6. The zero-order chi connectivity index (χ0) is 18.1. The van der Waals surface area contributed by atoms with E-state index in [2.05, 4.69) is 5.10 Å². The maximum atomic E-state index is 12.7. The lowest BCUT2D eigenvalue weighted by molar-refractivity contribution is 0.104.